The van der Waals surface area contributed by atoms with Gasteiger partial charge in [-0.2, -0.15) is 9.78 Å². The Balaban J connectivity index is 1.95. The number of esters is 2. The largest absolute Gasteiger partial charge is 0.465 e. The predicted octanol–water partition coefficient (Wildman–Crippen LogP) is 2.15. The molecule has 0 saturated carbocycles. The number of nitrogens with two attached hydrogens (primary N) is 1. The maximum atomic E-state index is 12.5. The van der Waals surface area contributed by atoms with E-state index < -0.39 is 23.6 Å². The Bertz CT molecular complexity index is 1120. The summed E-state index contributed by atoms with van der Waals surface area (Å²) in [5.74, 6) is -1.87. The summed E-state index contributed by atoms with van der Waals surface area (Å²) in [5.41, 5.74) is 6.87. The van der Waals surface area contributed by atoms with E-state index in [1.54, 1.807) is 24.3 Å². The number of nitrogens with zero attached hydrogens (tertiary/aromatic N) is 2. The third kappa shape index (κ3) is 4.08. The molecule has 3 N–H and O–H groups in total. The van der Waals surface area contributed by atoms with Crippen molar-refractivity contribution in [2.45, 2.75) is 6.61 Å². The molecule has 9 nitrogen and oxygen atoms in total. The average Bonchev–Trinajstić information content (AvgIpc) is 3.16. The fraction of sp³-hybridized carbons (Fsp3) is 0.100. The molecule has 0 saturated heterocycles. The minimum atomic E-state index is -1.24. The zero-order valence-corrected chi connectivity index (χ0v) is 15.4. The van der Waals surface area contributed by atoms with Crippen LogP contribution in [-0.4, -0.2) is 40.0 Å². The fourth-order valence-corrected chi connectivity index (χ4v) is 2.70. The molecule has 0 spiro atoms. The van der Waals surface area contributed by atoms with E-state index in [-0.39, 0.29) is 12.3 Å². The summed E-state index contributed by atoms with van der Waals surface area (Å²) < 4.78 is 10.7. The number of fused-ring (bicyclic) bond motifs is 1. The molecule has 1 heterocycles. The van der Waals surface area contributed by atoms with Gasteiger partial charge in [0, 0.05) is 5.39 Å². The molecule has 0 atom stereocenters. The molecule has 9 heteroatoms. The van der Waals surface area contributed by atoms with E-state index in [0.29, 0.717) is 16.5 Å². The van der Waals surface area contributed by atoms with E-state index in [1.807, 2.05) is 6.07 Å². The van der Waals surface area contributed by atoms with E-state index in [9.17, 15) is 14.4 Å². The Morgan fingerprint density at radius 1 is 1.10 bits per heavy atom. The quantitative estimate of drug-likeness (QED) is 0.290. The maximum Gasteiger partial charge on any atom is 0.432 e. The average molecular weight is 395 g/mol. The molecule has 148 valence electrons. The van der Waals surface area contributed by atoms with Gasteiger partial charge in [-0.15, -0.1) is 0 Å². The van der Waals surface area contributed by atoms with Crippen molar-refractivity contribution in [1.29, 1.82) is 0 Å². The third-order valence-electron chi connectivity index (χ3n) is 4.14. The molecule has 0 radical (unpaired) electrons. The first kappa shape index (κ1) is 19.6. The van der Waals surface area contributed by atoms with Gasteiger partial charge in [0.15, 0.2) is 5.57 Å². The van der Waals surface area contributed by atoms with Gasteiger partial charge in [-0.1, -0.05) is 36.4 Å². The maximum absolute atomic E-state index is 12.5. The number of ether oxygens (including phenoxy) is 2. The molecule has 29 heavy (non-hydrogen) atoms. The van der Waals surface area contributed by atoms with E-state index in [2.05, 4.69) is 9.84 Å². The van der Waals surface area contributed by atoms with Gasteiger partial charge in [-0.25, -0.2) is 14.4 Å². The number of hydrogen-bond donors (Lipinski definition) is 2. The van der Waals surface area contributed by atoms with Crippen LogP contribution in [0.2, 0.25) is 0 Å². The normalized spacial score (nSPS) is 11.6. The lowest BCUT2D eigenvalue weighted by molar-refractivity contribution is -0.146. The van der Waals surface area contributed by atoms with Crippen molar-refractivity contribution >= 4 is 34.6 Å². The molecular weight excluding hydrogens is 378 g/mol. The number of carboxylic acid groups (broad SMARTS) is 1. The van der Waals surface area contributed by atoms with Crippen LogP contribution in [0.15, 0.2) is 60.3 Å². The zero-order chi connectivity index (χ0) is 21.0. The van der Waals surface area contributed by atoms with Crippen LogP contribution in [-0.2, 0) is 25.7 Å². The third-order valence-corrected chi connectivity index (χ3v) is 4.14. The van der Waals surface area contributed by atoms with Crippen molar-refractivity contribution in [3.8, 4) is 0 Å². The molecule has 0 aliphatic rings. The molecule has 1 aromatic heterocycles. The highest BCUT2D eigenvalue weighted by Crippen LogP contribution is 2.22. The van der Waals surface area contributed by atoms with Crippen LogP contribution in [0.5, 0.6) is 0 Å². The Labute approximate surface area is 164 Å². The van der Waals surface area contributed by atoms with Gasteiger partial charge in [0.1, 0.15) is 6.61 Å². The zero-order valence-electron chi connectivity index (χ0n) is 15.4. The summed E-state index contributed by atoms with van der Waals surface area (Å²) in [5, 5.41) is 13.3. The monoisotopic (exact) mass is 395 g/mol. The molecule has 0 amide bonds. The number of aromatic nitrogens is 2. The highest BCUT2D eigenvalue weighted by molar-refractivity contribution is 6.19. The number of methoxy groups -OCH3 is 1. The van der Waals surface area contributed by atoms with Crippen LogP contribution in [0.25, 0.3) is 16.6 Å². The number of carbonyl (C=O) groups excluding carboxylic acids is 2. The Kier molecular flexibility index (Phi) is 5.59. The Hall–Kier alpha value is -4.14. The summed E-state index contributed by atoms with van der Waals surface area (Å²) in [6.45, 7) is -0.0438. The second-order valence-corrected chi connectivity index (χ2v) is 5.95. The highest BCUT2D eigenvalue weighted by Gasteiger charge is 2.26. The summed E-state index contributed by atoms with van der Waals surface area (Å²) in [6.07, 6.45) is 0.0992. The number of rotatable bonds is 5. The van der Waals surface area contributed by atoms with E-state index in [0.717, 1.165) is 17.4 Å². The summed E-state index contributed by atoms with van der Waals surface area (Å²) in [7, 11) is 1.13. The Morgan fingerprint density at radius 3 is 2.48 bits per heavy atom. The molecular formula is C20H17N3O6. The lowest BCUT2D eigenvalue weighted by Crippen LogP contribution is -2.21. The minimum Gasteiger partial charge on any atom is -0.465 e. The second-order valence-electron chi connectivity index (χ2n) is 5.95. The summed E-state index contributed by atoms with van der Waals surface area (Å²) in [4.78, 5) is 35.9. The van der Waals surface area contributed by atoms with Gasteiger partial charge < -0.3 is 20.3 Å². The second kappa shape index (κ2) is 8.26. The summed E-state index contributed by atoms with van der Waals surface area (Å²) in [6, 6.07) is 13.4. The van der Waals surface area contributed by atoms with Gasteiger partial charge in [-0.3, -0.25) is 0 Å². The molecule has 0 fully saturated rings. The van der Waals surface area contributed by atoms with Gasteiger partial charge in [-0.05, 0) is 23.3 Å². The van der Waals surface area contributed by atoms with Crippen molar-refractivity contribution in [2.75, 3.05) is 7.11 Å². The molecule has 3 rings (SSSR count). The van der Waals surface area contributed by atoms with Crippen LogP contribution in [0.3, 0.4) is 0 Å². The predicted molar refractivity (Wildman–Crippen MR) is 103 cm³/mol. The first-order chi connectivity index (χ1) is 13.9. The van der Waals surface area contributed by atoms with E-state index in [4.69, 9.17) is 15.6 Å². The standard InChI is InChI=1S/C20H17N3O6/c1-28-18(24)16(19(25)29-11-12-5-3-2-4-6-12)17(21)13-7-8-15-14(9-13)10-22-23(15)20(26)27/h2-10H,11,21H2,1H3,(H,26,27). The highest BCUT2D eigenvalue weighted by atomic mass is 16.5. The molecule has 0 aliphatic heterocycles. The fourth-order valence-electron chi connectivity index (χ4n) is 2.70. The van der Waals surface area contributed by atoms with Crippen molar-refractivity contribution in [2.24, 2.45) is 5.73 Å². The molecule has 3 aromatic rings. The van der Waals surface area contributed by atoms with Crippen LogP contribution < -0.4 is 5.73 Å². The molecule has 0 unspecified atom stereocenters. The van der Waals surface area contributed by atoms with Crippen molar-refractivity contribution in [3.05, 3.63) is 71.4 Å². The minimum absolute atomic E-state index is 0.0438. The lowest BCUT2D eigenvalue weighted by atomic mass is 10.1. The van der Waals surface area contributed by atoms with E-state index in [1.165, 1.54) is 24.4 Å². The molecule has 0 aliphatic carbocycles. The SMILES string of the molecule is COC(=O)C(C(=O)OCc1ccccc1)=C(N)c1ccc2c(cnn2C(=O)O)c1. The van der Waals surface area contributed by atoms with Crippen LogP contribution in [0.1, 0.15) is 11.1 Å². The number of benzene rings is 2. The van der Waals surface area contributed by atoms with E-state index >= 15 is 0 Å². The summed E-state index contributed by atoms with van der Waals surface area (Å²) >= 11 is 0. The Morgan fingerprint density at radius 2 is 1.83 bits per heavy atom. The van der Waals surface area contributed by atoms with Gasteiger partial charge >= 0.3 is 18.0 Å². The first-order valence-electron chi connectivity index (χ1n) is 8.43. The lowest BCUT2D eigenvalue weighted by Gasteiger charge is -2.11. The first-order valence-corrected chi connectivity index (χ1v) is 8.43. The van der Waals surface area contributed by atoms with Gasteiger partial charge in [0.05, 0.1) is 24.5 Å². The molecule has 2 aromatic carbocycles. The van der Waals surface area contributed by atoms with Crippen molar-refractivity contribution < 1.29 is 29.0 Å². The number of carbonyl (C=O) groups is 3. The van der Waals surface area contributed by atoms with Crippen molar-refractivity contribution in [1.82, 2.24) is 9.78 Å². The smallest absolute Gasteiger partial charge is 0.432 e. The van der Waals surface area contributed by atoms with Crippen LogP contribution >= 0.6 is 0 Å². The van der Waals surface area contributed by atoms with Gasteiger partial charge in [0.25, 0.3) is 0 Å². The van der Waals surface area contributed by atoms with Crippen LogP contribution in [0.4, 0.5) is 4.79 Å². The number of hydrogen-bond acceptors (Lipinski definition) is 7. The van der Waals surface area contributed by atoms with Crippen LogP contribution in [0, 0.1) is 0 Å². The van der Waals surface area contributed by atoms with Crippen molar-refractivity contribution in [3.63, 3.8) is 0 Å². The van der Waals surface area contributed by atoms with Gasteiger partial charge in [0.2, 0.25) is 0 Å². The molecule has 0 bridgehead atoms. The topological polar surface area (TPSA) is 134 Å².